The Morgan fingerprint density at radius 3 is 2.30 bits per heavy atom. The molecule has 0 spiro atoms. The SMILES string of the molecule is CC(C)c1ccc(-c2ccc3nccc(N)c3c2)cc1. The van der Waals surface area contributed by atoms with Gasteiger partial charge in [-0.1, -0.05) is 44.2 Å². The van der Waals surface area contributed by atoms with Crippen molar-refractivity contribution in [2.24, 2.45) is 0 Å². The molecule has 0 aliphatic heterocycles. The summed E-state index contributed by atoms with van der Waals surface area (Å²) in [7, 11) is 0. The fraction of sp³-hybridized carbons (Fsp3) is 0.167. The van der Waals surface area contributed by atoms with Crippen molar-refractivity contribution in [3.63, 3.8) is 0 Å². The van der Waals surface area contributed by atoms with Crippen LogP contribution in [0.15, 0.2) is 54.7 Å². The van der Waals surface area contributed by atoms with Gasteiger partial charge in [0.05, 0.1) is 5.52 Å². The minimum absolute atomic E-state index is 0.556. The Kier molecular flexibility index (Phi) is 3.15. The van der Waals surface area contributed by atoms with Crippen molar-refractivity contribution in [2.75, 3.05) is 5.73 Å². The van der Waals surface area contributed by atoms with Crippen LogP contribution in [0.1, 0.15) is 25.3 Å². The van der Waals surface area contributed by atoms with Crippen molar-refractivity contribution in [3.05, 3.63) is 60.3 Å². The van der Waals surface area contributed by atoms with Crippen LogP contribution in [0, 0.1) is 0 Å². The zero-order valence-electron chi connectivity index (χ0n) is 11.8. The predicted molar refractivity (Wildman–Crippen MR) is 85.7 cm³/mol. The van der Waals surface area contributed by atoms with Gasteiger partial charge in [0.1, 0.15) is 0 Å². The molecule has 0 aliphatic carbocycles. The number of pyridine rings is 1. The van der Waals surface area contributed by atoms with Crippen LogP contribution in [-0.4, -0.2) is 4.98 Å². The lowest BCUT2D eigenvalue weighted by Gasteiger charge is -2.08. The number of fused-ring (bicyclic) bond motifs is 1. The summed E-state index contributed by atoms with van der Waals surface area (Å²) in [6, 6.07) is 16.8. The van der Waals surface area contributed by atoms with Crippen molar-refractivity contribution < 1.29 is 0 Å². The normalized spacial score (nSPS) is 11.2. The number of nitrogens with two attached hydrogens (primary N) is 1. The van der Waals surface area contributed by atoms with Gasteiger partial charge >= 0.3 is 0 Å². The minimum atomic E-state index is 0.556. The summed E-state index contributed by atoms with van der Waals surface area (Å²) in [6.45, 7) is 4.41. The van der Waals surface area contributed by atoms with Gasteiger partial charge in [-0.3, -0.25) is 4.98 Å². The van der Waals surface area contributed by atoms with Crippen molar-refractivity contribution in [2.45, 2.75) is 19.8 Å². The first-order valence-corrected chi connectivity index (χ1v) is 6.90. The van der Waals surface area contributed by atoms with Gasteiger partial charge in [-0.2, -0.15) is 0 Å². The maximum absolute atomic E-state index is 6.03. The highest BCUT2D eigenvalue weighted by Gasteiger charge is 2.04. The number of aromatic nitrogens is 1. The molecule has 3 rings (SSSR count). The second-order valence-electron chi connectivity index (χ2n) is 5.41. The van der Waals surface area contributed by atoms with Crippen molar-refractivity contribution in [1.82, 2.24) is 4.98 Å². The van der Waals surface area contributed by atoms with E-state index in [0.717, 1.165) is 16.6 Å². The van der Waals surface area contributed by atoms with E-state index in [1.165, 1.54) is 16.7 Å². The maximum Gasteiger partial charge on any atom is 0.0723 e. The van der Waals surface area contributed by atoms with E-state index in [4.69, 9.17) is 5.73 Å². The van der Waals surface area contributed by atoms with Crippen LogP contribution in [-0.2, 0) is 0 Å². The van der Waals surface area contributed by atoms with Gasteiger partial charge in [0.15, 0.2) is 0 Å². The van der Waals surface area contributed by atoms with Gasteiger partial charge < -0.3 is 5.73 Å². The minimum Gasteiger partial charge on any atom is -0.398 e. The first-order valence-electron chi connectivity index (χ1n) is 6.90. The molecule has 2 nitrogen and oxygen atoms in total. The Balaban J connectivity index is 2.07. The maximum atomic E-state index is 6.03. The van der Waals surface area contributed by atoms with Crippen LogP contribution in [0.4, 0.5) is 5.69 Å². The number of hydrogen-bond acceptors (Lipinski definition) is 2. The van der Waals surface area contributed by atoms with Crippen LogP contribution in [0.25, 0.3) is 22.0 Å². The van der Waals surface area contributed by atoms with Gasteiger partial charge in [0.25, 0.3) is 0 Å². The average Bonchev–Trinajstić information content (AvgIpc) is 2.47. The zero-order chi connectivity index (χ0) is 14.1. The quantitative estimate of drug-likeness (QED) is 0.732. The van der Waals surface area contributed by atoms with E-state index < -0.39 is 0 Å². The standard InChI is InChI=1S/C18H18N2/c1-12(2)13-3-5-14(6-4-13)15-7-8-18-16(11-15)17(19)9-10-20-18/h3-12H,1-2H3,(H2,19,20). The Hall–Kier alpha value is -2.35. The molecule has 0 aliphatic rings. The van der Waals surface area contributed by atoms with E-state index in [1.54, 1.807) is 6.20 Å². The molecule has 0 saturated carbocycles. The summed E-state index contributed by atoms with van der Waals surface area (Å²) in [4.78, 5) is 4.33. The molecule has 1 aromatic heterocycles. The molecule has 0 saturated heterocycles. The highest BCUT2D eigenvalue weighted by molar-refractivity contribution is 5.93. The molecular formula is C18H18N2. The van der Waals surface area contributed by atoms with Crippen molar-refractivity contribution in [3.8, 4) is 11.1 Å². The van der Waals surface area contributed by atoms with Crippen molar-refractivity contribution in [1.29, 1.82) is 0 Å². The van der Waals surface area contributed by atoms with Gasteiger partial charge in [0.2, 0.25) is 0 Å². The van der Waals surface area contributed by atoms with Crippen LogP contribution in [0.3, 0.4) is 0 Å². The Morgan fingerprint density at radius 1 is 0.900 bits per heavy atom. The summed E-state index contributed by atoms with van der Waals surface area (Å²) in [6.07, 6.45) is 1.74. The molecule has 0 fully saturated rings. The molecule has 0 unspecified atom stereocenters. The Morgan fingerprint density at radius 2 is 1.60 bits per heavy atom. The van der Waals surface area contributed by atoms with E-state index >= 15 is 0 Å². The van der Waals surface area contributed by atoms with Crippen LogP contribution in [0.2, 0.25) is 0 Å². The summed E-state index contributed by atoms with van der Waals surface area (Å²) in [5, 5.41) is 1.01. The molecule has 3 aromatic rings. The lowest BCUT2D eigenvalue weighted by molar-refractivity contribution is 0.867. The zero-order valence-corrected chi connectivity index (χ0v) is 11.8. The third-order valence-corrected chi connectivity index (χ3v) is 3.69. The number of hydrogen-bond donors (Lipinski definition) is 1. The van der Waals surface area contributed by atoms with Crippen LogP contribution in [0.5, 0.6) is 0 Å². The fourth-order valence-electron chi connectivity index (χ4n) is 2.41. The largest absolute Gasteiger partial charge is 0.398 e. The van der Waals surface area contributed by atoms with Gasteiger partial charge in [-0.15, -0.1) is 0 Å². The lowest BCUT2D eigenvalue weighted by Crippen LogP contribution is -1.90. The molecule has 0 atom stereocenters. The highest BCUT2D eigenvalue weighted by Crippen LogP contribution is 2.27. The molecule has 2 N–H and O–H groups in total. The van der Waals surface area contributed by atoms with Crippen LogP contribution >= 0.6 is 0 Å². The van der Waals surface area contributed by atoms with E-state index in [-0.39, 0.29) is 0 Å². The number of anilines is 1. The van der Waals surface area contributed by atoms with E-state index in [9.17, 15) is 0 Å². The summed E-state index contributed by atoms with van der Waals surface area (Å²) in [5.41, 5.74) is 11.5. The van der Waals surface area contributed by atoms with E-state index in [1.807, 2.05) is 12.1 Å². The monoisotopic (exact) mass is 262 g/mol. The second-order valence-corrected chi connectivity index (χ2v) is 5.41. The third kappa shape index (κ3) is 2.25. The molecule has 0 radical (unpaired) electrons. The molecule has 1 heterocycles. The molecule has 0 amide bonds. The Labute approximate surface area is 119 Å². The first kappa shape index (κ1) is 12.7. The highest BCUT2D eigenvalue weighted by atomic mass is 14.7. The Bertz CT molecular complexity index is 743. The number of benzene rings is 2. The smallest absolute Gasteiger partial charge is 0.0723 e. The van der Waals surface area contributed by atoms with Gasteiger partial charge in [-0.05, 0) is 40.8 Å². The molecule has 2 heteroatoms. The van der Waals surface area contributed by atoms with E-state index in [0.29, 0.717) is 5.92 Å². The number of nitrogen functional groups attached to an aromatic ring is 1. The van der Waals surface area contributed by atoms with Gasteiger partial charge in [-0.25, -0.2) is 0 Å². The third-order valence-electron chi connectivity index (χ3n) is 3.69. The summed E-state index contributed by atoms with van der Waals surface area (Å²) >= 11 is 0. The van der Waals surface area contributed by atoms with Gasteiger partial charge in [0, 0.05) is 17.3 Å². The first-order chi connectivity index (χ1) is 9.65. The molecule has 20 heavy (non-hydrogen) atoms. The summed E-state index contributed by atoms with van der Waals surface area (Å²) < 4.78 is 0. The lowest BCUT2D eigenvalue weighted by atomic mass is 9.98. The van der Waals surface area contributed by atoms with Crippen LogP contribution < -0.4 is 5.73 Å². The molecule has 2 aromatic carbocycles. The second kappa shape index (κ2) is 4.97. The van der Waals surface area contributed by atoms with Crippen molar-refractivity contribution >= 4 is 16.6 Å². The fourth-order valence-corrected chi connectivity index (χ4v) is 2.41. The topological polar surface area (TPSA) is 38.9 Å². The number of rotatable bonds is 2. The average molecular weight is 262 g/mol. The van der Waals surface area contributed by atoms with E-state index in [2.05, 4.69) is 55.2 Å². The molecule has 100 valence electrons. The summed E-state index contributed by atoms with van der Waals surface area (Å²) in [5.74, 6) is 0.556. The predicted octanol–water partition coefficient (Wildman–Crippen LogP) is 4.61. The molecular weight excluding hydrogens is 244 g/mol. The number of nitrogens with zero attached hydrogens (tertiary/aromatic N) is 1. The molecule has 0 bridgehead atoms.